The predicted octanol–water partition coefficient (Wildman–Crippen LogP) is 4.67. The number of nitrogens with zero attached hydrogens (tertiary/aromatic N) is 3. The standard InChI is InChI=1S/C28H37N7O2S/c1-28(2)18-30-25-24(28)26(31-21-9-7-8-10-23(21)38(5,6)29-3)34-27(33-25)32-20-12-11-19(17-22(20)36-4)35-13-15-37-16-14-35/h7-12,17,29H,5-6,13-16,18H2,1-4H3,(H3,30,31,32,33,34). The van der Waals surface area contributed by atoms with Gasteiger partial charge in [0.15, 0.2) is 0 Å². The van der Waals surface area contributed by atoms with Crippen molar-refractivity contribution in [2.45, 2.75) is 24.2 Å². The van der Waals surface area contributed by atoms with Gasteiger partial charge in [0.05, 0.1) is 31.7 Å². The molecule has 10 heteroatoms. The van der Waals surface area contributed by atoms with Crippen molar-refractivity contribution in [1.82, 2.24) is 14.7 Å². The number of fused-ring (bicyclic) bond motifs is 1. The van der Waals surface area contributed by atoms with Gasteiger partial charge in [0.25, 0.3) is 0 Å². The van der Waals surface area contributed by atoms with Crippen LogP contribution in [0.25, 0.3) is 0 Å². The van der Waals surface area contributed by atoms with Gasteiger partial charge >= 0.3 is 0 Å². The fraction of sp³-hybridized carbons (Fsp3) is 0.357. The number of methoxy groups -OCH3 is 1. The lowest BCUT2D eigenvalue weighted by molar-refractivity contribution is 0.122. The van der Waals surface area contributed by atoms with Crippen molar-refractivity contribution in [3.8, 4) is 5.75 Å². The number of para-hydroxylation sites is 1. The Morgan fingerprint density at radius 2 is 1.82 bits per heavy atom. The molecule has 0 spiro atoms. The molecular formula is C28H37N7O2S. The van der Waals surface area contributed by atoms with Crippen molar-refractivity contribution in [2.75, 3.05) is 67.9 Å². The fourth-order valence-electron chi connectivity index (χ4n) is 4.84. The summed E-state index contributed by atoms with van der Waals surface area (Å²) >= 11 is 0. The van der Waals surface area contributed by atoms with E-state index in [1.807, 2.05) is 37.4 Å². The van der Waals surface area contributed by atoms with Crippen LogP contribution in [-0.2, 0) is 10.2 Å². The number of morpholine rings is 1. The predicted molar refractivity (Wildman–Crippen MR) is 162 cm³/mol. The van der Waals surface area contributed by atoms with Crippen molar-refractivity contribution in [3.05, 3.63) is 48.0 Å². The Labute approximate surface area is 225 Å². The summed E-state index contributed by atoms with van der Waals surface area (Å²) in [5.74, 6) is 11.4. The van der Waals surface area contributed by atoms with Gasteiger partial charge in [-0.2, -0.15) is 9.97 Å². The van der Waals surface area contributed by atoms with Gasteiger partial charge in [-0.05, 0) is 31.3 Å². The molecule has 0 unspecified atom stereocenters. The number of anilines is 6. The number of benzene rings is 2. The van der Waals surface area contributed by atoms with E-state index < -0.39 is 9.39 Å². The van der Waals surface area contributed by atoms with Crippen LogP contribution in [0.1, 0.15) is 19.4 Å². The molecule has 0 atom stereocenters. The lowest BCUT2D eigenvalue weighted by Crippen LogP contribution is -2.36. The summed E-state index contributed by atoms with van der Waals surface area (Å²) in [5.41, 5.74) is 3.71. The molecule has 1 aromatic heterocycles. The van der Waals surface area contributed by atoms with E-state index in [9.17, 15) is 0 Å². The third-order valence-corrected chi connectivity index (χ3v) is 9.02. The summed E-state index contributed by atoms with van der Waals surface area (Å²) in [6.45, 7) is 8.33. The Bertz CT molecular complexity index is 1430. The number of hydrogen-bond donors (Lipinski definition) is 4. The molecule has 0 amide bonds. The summed E-state index contributed by atoms with van der Waals surface area (Å²) in [7, 11) is 1.88. The molecule has 5 rings (SSSR count). The molecule has 9 nitrogen and oxygen atoms in total. The first-order chi connectivity index (χ1) is 18.2. The summed E-state index contributed by atoms with van der Waals surface area (Å²) < 4.78 is 14.5. The van der Waals surface area contributed by atoms with Crippen LogP contribution in [0.3, 0.4) is 0 Å². The highest BCUT2D eigenvalue weighted by Crippen LogP contribution is 2.43. The Morgan fingerprint density at radius 1 is 1.05 bits per heavy atom. The van der Waals surface area contributed by atoms with Crippen LogP contribution in [0.5, 0.6) is 5.75 Å². The van der Waals surface area contributed by atoms with Crippen LogP contribution in [0.2, 0.25) is 0 Å². The zero-order chi connectivity index (χ0) is 26.9. The second-order valence-electron chi connectivity index (χ2n) is 10.2. The maximum Gasteiger partial charge on any atom is 0.231 e. The molecule has 1 saturated heterocycles. The Morgan fingerprint density at radius 3 is 2.55 bits per heavy atom. The first kappa shape index (κ1) is 26.1. The van der Waals surface area contributed by atoms with Gasteiger partial charge in [-0.3, -0.25) is 4.72 Å². The lowest BCUT2D eigenvalue weighted by Gasteiger charge is -2.29. The van der Waals surface area contributed by atoms with Gasteiger partial charge in [-0.1, -0.05) is 37.7 Å². The number of nitrogens with one attached hydrogen (secondary N) is 4. The topological polar surface area (TPSA) is 95.6 Å². The molecule has 3 aromatic rings. The lowest BCUT2D eigenvalue weighted by atomic mass is 9.88. The van der Waals surface area contributed by atoms with Crippen molar-refractivity contribution in [1.29, 1.82) is 0 Å². The number of rotatable bonds is 8. The quantitative estimate of drug-likeness (QED) is 0.307. The molecule has 2 aliphatic heterocycles. The van der Waals surface area contributed by atoms with Crippen LogP contribution in [-0.4, -0.2) is 68.7 Å². The molecular weight excluding hydrogens is 498 g/mol. The average Bonchev–Trinajstić information content (AvgIpc) is 3.24. The van der Waals surface area contributed by atoms with Gasteiger partial charge in [-0.15, -0.1) is 9.39 Å². The second kappa shape index (κ2) is 10.4. The highest BCUT2D eigenvalue weighted by molar-refractivity contribution is 8.26. The summed E-state index contributed by atoms with van der Waals surface area (Å²) in [5, 5.41) is 10.5. The molecule has 202 valence electrons. The Hall–Kier alpha value is -3.47. The van der Waals surface area contributed by atoms with Gasteiger partial charge in [0.2, 0.25) is 5.95 Å². The van der Waals surface area contributed by atoms with E-state index in [0.717, 1.165) is 77.8 Å². The van der Waals surface area contributed by atoms with E-state index in [2.05, 4.69) is 63.3 Å². The van der Waals surface area contributed by atoms with E-state index in [1.54, 1.807) is 7.11 Å². The van der Waals surface area contributed by atoms with Crippen molar-refractivity contribution < 1.29 is 9.47 Å². The van der Waals surface area contributed by atoms with Crippen LogP contribution in [0.4, 0.5) is 34.6 Å². The fourth-order valence-corrected chi connectivity index (χ4v) is 5.94. The summed E-state index contributed by atoms with van der Waals surface area (Å²) in [6, 6.07) is 14.2. The average molecular weight is 536 g/mol. The van der Waals surface area contributed by atoms with Crippen molar-refractivity contribution in [2.24, 2.45) is 0 Å². The highest BCUT2D eigenvalue weighted by atomic mass is 32.2. The molecule has 4 N–H and O–H groups in total. The molecule has 1 fully saturated rings. The normalized spacial score (nSPS) is 16.5. The van der Waals surface area contributed by atoms with Crippen LogP contribution < -0.4 is 30.3 Å². The van der Waals surface area contributed by atoms with Gasteiger partial charge in [0, 0.05) is 47.3 Å². The third-order valence-electron chi connectivity index (χ3n) is 7.04. The van der Waals surface area contributed by atoms with Crippen LogP contribution in [0, 0.1) is 0 Å². The van der Waals surface area contributed by atoms with E-state index in [4.69, 9.17) is 19.4 Å². The zero-order valence-corrected chi connectivity index (χ0v) is 23.4. The minimum Gasteiger partial charge on any atom is -0.494 e. The number of hydrogen-bond acceptors (Lipinski definition) is 9. The monoisotopic (exact) mass is 535 g/mol. The maximum absolute atomic E-state index is 5.74. The molecule has 38 heavy (non-hydrogen) atoms. The SMILES string of the molecule is C=S(=C)(NC)c1ccccc1Nc1nc(Nc2ccc(N3CCOCC3)cc2OC)nc2c1C(C)(C)CN2. The van der Waals surface area contributed by atoms with Crippen LogP contribution >= 0.6 is 9.39 Å². The second-order valence-corrected chi connectivity index (χ2v) is 12.8. The van der Waals surface area contributed by atoms with Crippen LogP contribution in [0.15, 0.2) is 47.4 Å². The van der Waals surface area contributed by atoms with E-state index in [1.165, 1.54) is 0 Å². The third kappa shape index (κ3) is 5.11. The summed E-state index contributed by atoms with van der Waals surface area (Å²) in [4.78, 5) is 13.1. The molecule has 3 heterocycles. The minimum atomic E-state index is -1.69. The van der Waals surface area contributed by atoms with Gasteiger partial charge in [-0.25, -0.2) is 0 Å². The van der Waals surface area contributed by atoms with E-state index in [0.29, 0.717) is 5.95 Å². The van der Waals surface area contributed by atoms with E-state index >= 15 is 0 Å². The Kier molecular flexibility index (Phi) is 7.13. The molecule has 0 bridgehead atoms. The van der Waals surface area contributed by atoms with Gasteiger partial charge < -0.3 is 30.3 Å². The van der Waals surface area contributed by atoms with Gasteiger partial charge in [0.1, 0.15) is 17.4 Å². The van der Waals surface area contributed by atoms with Crippen molar-refractivity contribution >= 4 is 55.8 Å². The minimum absolute atomic E-state index is 0.148. The molecule has 2 aromatic carbocycles. The highest BCUT2D eigenvalue weighted by Gasteiger charge is 2.35. The maximum atomic E-state index is 5.74. The molecule has 0 aliphatic carbocycles. The zero-order valence-electron chi connectivity index (χ0n) is 22.6. The van der Waals surface area contributed by atoms with Crippen molar-refractivity contribution in [3.63, 3.8) is 0 Å². The summed E-state index contributed by atoms with van der Waals surface area (Å²) in [6.07, 6.45) is 0. The molecule has 0 saturated carbocycles. The largest absolute Gasteiger partial charge is 0.494 e. The number of aromatic nitrogens is 2. The van der Waals surface area contributed by atoms with E-state index in [-0.39, 0.29) is 5.41 Å². The number of ether oxygens (including phenoxy) is 2. The first-order valence-corrected chi connectivity index (χ1v) is 14.7. The first-order valence-electron chi connectivity index (χ1n) is 12.7. The molecule has 0 radical (unpaired) electrons. The Balaban J connectivity index is 1.51. The smallest absolute Gasteiger partial charge is 0.231 e. The molecule has 2 aliphatic rings.